The van der Waals surface area contributed by atoms with Crippen LogP contribution >= 0.6 is 11.6 Å². The van der Waals surface area contributed by atoms with Crippen molar-refractivity contribution in [1.29, 1.82) is 0 Å². The lowest BCUT2D eigenvalue weighted by Gasteiger charge is -2.22. The fraction of sp³-hybridized carbons (Fsp3) is 0.600. The van der Waals surface area contributed by atoms with Gasteiger partial charge in [0, 0.05) is 19.2 Å². The zero-order valence-electron chi connectivity index (χ0n) is 8.95. The van der Waals surface area contributed by atoms with Crippen LogP contribution in [0, 0.1) is 5.92 Å². The van der Waals surface area contributed by atoms with E-state index in [1.54, 1.807) is 6.07 Å². The van der Waals surface area contributed by atoms with E-state index in [0.29, 0.717) is 16.9 Å². The minimum atomic E-state index is 0.190. The summed E-state index contributed by atoms with van der Waals surface area (Å²) in [6.07, 6.45) is 2.31. The van der Waals surface area contributed by atoms with Crippen molar-refractivity contribution in [2.45, 2.75) is 12.8 Å². The number of nitrogens with zero attached hydrogens (tertiary/aromatic N) is 2. The fourth-order valence-corrected chi connectivity index (χ4v) is 1.93. The SMILES string of the molecule is Nc1nc(Cl)cc(NCC2CCCOC2)n1. The maximum atomic E-state index is 5.78. The zero-order valence-corrected chi connectivity index (χ0v) is 9.70. The van der Waals surface area contributed by atoms with Gasteiger partial charge in [-0.3, -0.25) is 0 Å². The van der Waals surface area contributed by atoms with Crippen LogP contribution in [0.2, 0.25) is 5.15 Å². The summed E-state index contributed by atoms with van der Waals surface area (Å²) in [5.74, 6) is 1.39. The van der Waals surface area contributed by atoms with Gasteiger partial charge in [0.05, 0.1) is 6.61 Å². The van der Waals surface area contributed by atoms with Gasteiger partial charge in [-0.1, -0.05) is 11.6 Å². The average molecular weight is 243 g/mol. The number of ether oxygens (including phenoxy) is 1. The van der Waals surface area contributed by atoms with Crippen LogP contribution in [0.5, 0.6) is 0 Å². The summed E-state index contributed by atoms with van der Waals surface area (Å²) >= 11 is 5.78. The minimum Gasteiger partial charge on any atom is -0.381 e. The molecule has 0 aliphatic carbocycles. The summed E-state index contributed by atoms with van der Waals surface area (Å²) in [5, 5.41) is 3.56. The lowest BCUT2D eigenvalue weighted by Crippen LogP contribution is -2.24. The van der Waals surface area contributed by atoms with Crippen LogP contribution in [0.25, 0.3) is 0 Å². The van der Waals surface area contributed by atoms with Gasteiger partial charge in [0.25, 0.3) is 0 Å². The third kappa shape index (κ3) is 3.21. The lowest BCUT2D eigenvalue weighted by atomic mass is 10.0. The Balaban J connectivity index is 1.88. The van der Waals surface area contributed by atoms with E-state index in [2.05, 4.69) is 15.3 Å². The number of hydrogen-bond donors (Lipinski definition) is 2. The van der Waals surface area contributed by atoms with Crippen molar-refractivity contribution in [3.05, 3.63) is 11.2 Å². The van der Waals surface area contributed by atoms with Crippen molar-refractivity contribution < 1.29 is 4.74 Å². The third-order valence-corrected chi connectivity index (χ3v) is 2.73. The Morgan fingerprint density at radius 2 is 2.44 bits per heavy atom. The van der Waals surface area contributed by atoms with Gasteiger partial charge in [-0.05, 0) is 18.8 Å². The predicted molar refractivity (Wildman–Crippen MR) is 63.5 cm³/mol. The summed E-state index contributed by atoms with van der Waals surface area (Å²) in [6.45, 7) is 2.51. The maximum Gasteiger partial charge on any atom is 0.223 e. The highest BCUT2D eigenvalue weighted by atomic mass is 35.5. The van der Waals surface area contributed by atoms with E-state index in [4.69, 9.17) is 22.1 Å². The molecule has 5 nitrogen and oxygen atoms in total. The number of nitrogens with one attached hydrogen (secondary N) is 1. The molecule has 0 spiro atoms. The maximum absolute atomic E-state index is 5.78. The van der Waals surface area contributed by atoms with Crippen molar-refractivity contribution in [3.63, 3.8) is 0 Å². The molecule has 0 bridgehead atoms. The molecule has 0 amide bonds. The fourth-order valence-electron chi connectivity index (χ4n) is 1.74. The van der Waals surface area contributed by atoms with Crippen molar-refractivity contribution in [2.24, 2.45) is 5.92 Å². The molecular weight excluding hydrogens is 228 g/mol. The number of hydrogen-bond acceptors (Lipinski definition) is 5. The van der Waals surface area contributed by atoms with E-state index in [-0.39, 0.29) is 5.95 Å². The molecule has 1 fully saturated rings. The number of halogens is 1. The topological polar surface area (TPSA) is 73.1 Å². The highest BCUT2D eigenvalue weighted by Gasteiger charge is 2.13. The molecule has 0 saturated carbocycles. The van der Waals surface area contributed by atoms with E-state index < -0.39 is 0 Å². The van der Waals surface area contributed by atoms with Crippen molar-refractivity contribution in [1.82, 2.24) is 9.97 Å². The molecule has 16 heavy (non-hydrogen) atoms. The number of aromatic nitrogens is 2. The van der Waals surface area contributed by atoms with Gasteiger partial charge < -0.3 is 15.8 Å². The van der Waals surface area contributed by atoms with E-state index in [0.717, 1.165) is 26.2 Å². The van der Waals surface area contributed by atoms with Gasteiger partial charge in [-0.25, -0.2) is 4.98 Å². The Labute approximate surface area is 99.4 Å². The number of anilines is 2. The molecular formula is C10H15ClN4O. The zero-order chi connectivity index (χ0) is 11.4. The normalized spacial score (nSPS) is 20.7. The van der Waals surface area contributed by atoms with E-state index in [1.807, 2.05) is 0 Å². The van der Waals surface area contributed by atoms with Gasteiger partial charge >= 0.3 is 0 Å². The number of rotatable bonds is 3. The van der Waals surface area contributed by atoms with E-state index >= 15 is 0 Å². The molecule has 2 rings (SSSR count). The minimum absolute atomic E-state index is 0.190. The first-order chi connectivity index (χ1) is 7.74. The van der Waals surface area contributed by atoms with Crippen LogP contribution < -0.4 is 11.1 Å². The Bertz CT molecular complexity index is 334. The molecule has 1 aliphatic rings. The summed E-state index contributed by atoms with van der Waals surface area (Å²) < 4.78 is 5.39. The first-order valence-electron chi connectivity index (χ1n) is 5.36. The first-order valence-corrected chi connectivity index (χ1v) is 5.73. The second-order valence-corrected chi connectivity index (χ2v) is 4.29. The predicted octanol–water partition coefficient (Wildman–Crippen LogP) is 1.55. The number of nitrogens with two attached hydrogens (primary N) is 1. The van der Waals surface area contributed by atoms with Gasteiger partial charge in [0.1, 0.15) is 11.0 Å². The molecule has 6 heteroatoms. The van der Waals surface area contributed by atoms with Gasteiger partial charge in [0.15, 0.2) is 0 Å². The first kappa shape index (κ1) is 11.4. The Morgan fingerprint density at radius 1 is 1.56 bits per heavy atom. The largest absolute Gasteiger partial charge is 0.381 e. The third-order valence-electron chi connectivity index (χ3n) is 2.54. The molecule has 1 aliphatic heterocycles. The Kier molecular flexibility index (Phi) is 3.79. The summed E-state index contributed by atoms with van der Waals surface area (Å²) in [4.78, 5) is 7.85. The second-order valence-electron chi connectivity index (χ2n) is 3.90. The molecule has 1 unspecified atom stereocenters. The molecule has 88 valence electrons. The standard InChI is InChI=1S/C10H15ClN4O/c11-8-4-9(15-10(12)14-8)13-5-7-2-1-3-16-6-7/h4,7H,1-3,5-6H2,(H3,12,13,14,15). The Hall–Kier alpha value is -1.07. The van der Waals surface area contributed by atoms with Crippen LogP contribution in [0.15, 0.2) is 6.07 Å². The van der Waals surface area contributed by atoms with Crippen LogP contribution in [-0.2, 0) is 4.74 Å². The second kappa shape index (κ2) is 5.32. The van der Waals surface area contributed by atoms with E-state index in [1.165, 1.54) is 6.42 Å². The molecule has 3 N–H and O–H groups in total. The summed E-state index contributed by atoms with van der Waals surface area (Å²) in [5.41, 5.74) is 5.50. The molecule has 1 atom stereocenters. The van der Waals surface area contributed by atoms with Gasteiger partial charge in [-0.15, -0.1) is 0 Å². The quantitative estimate of drug-likeness (QED) is 0.787. The van der Waals surface area contributed by atoms with Crippen molar-refractivity contribution >= 4 is 23.4 Å². The highest BCUT2D eigenvalue weighted by molar-refractivity contribution is 6.29. The van der Waals surface area contributed by atoms with Gasteiger partial charge in [0.2, 0.25) is 5.95 Å². The van der Waals surface area contributed by atoms with Crippen LogP contribution in [0.3, 0.4) is 0 Å². The Morgan fingerprint density at radius 3 is 3.12 bits per heavy atom. The molecule has 0 aromatic carbocycles. The summed E-state index contributed by atoms with van der Waals surface area (Å²) in [6, 6.07) is 1.67. The van der Waals surface area contributed by atoms with Crippen molar-refractivity contribution in [2.75, 3.05) is 30.8 Å². The molecule has 1 aromatic heterocycles. The monoisotopic (exact) mass is 242 g/mol. The van der Waals surface area contributed by atoms with Crippen molar-refractivity contribution in [3.8, 4) is 0 Å². The van der Waals surface area contributed by atoms with Crippen LogP contribution in [-0.4, -0.2) is 29.7 Å². The molecule has 0 radical (unpaired) electrons. The highest BCUT2D eigenvalue weighted by Crippen LogP contribution is 2.16. The molecule has 2 heterocycles. The van der Waals surface area contributed by atoms with Crippen LogP contribution in [0.1, 0.15) is 12.8 Å². The van der Waals surface area contributed by atoms with Crippen LogP contribution in [0.4, 0.5) is 11.8 Å². The number of nitrogen functional groups attached to an aromatic ring is 1. The van der Waals surface area contributed by atoms with E-state index in [9.17, 15) is 0 Å². The smallest absolute Gasteiger partial charge is 0.223 e. The molecule has 1 saturated heterocycles. The lowest BCUT2D eigenvalue weighted by molar-refractivity contribution is 0.0595. The molecule has 1 aromatic rings. The summed E-state index contributed by atoms with van der Waals surface area (Å²) in [7, 11) is 0. The van der Waals surface area contributed by atoms with Gasteiger partial charge in [-0.2, -0.15) is 4.98 Å². The average Bonchev–Trinajstić information content (AvgIpc) is 2.27.